The quantitative estimate of drug-likeness (QED) is 0.733. The molecule has 2 aromatic heterocycles. The third kappa shape index (κ3) is 3.92. The minimum absolute atomic E-state index is 0.406. The zero-order valence-electron chi connectivity index (χ0n) is 14.5. The Morgan fingerprint density at radius 2 is 1.85 bits per heavy atom. The minimum atomic E-state index is 0.406. The molecule has 1 aliphatic rings. The number of fused-ring (bicyclic) bond motifs is 1. The summed E-state index contributed by atoms with van der Waals surface area (Å²) in [5.41, 5.74) is 2.09. The van der Waals surface area contributed by atoms with Gasteiger partial charge in [-0.15, -0.1) is 0 Å². The van der Waals surface area contributed by atoms with Gasteiger partial charge in [0.15, 0.2) is 0 Å². The minimum Gasteiger partial charge on any atom is -0.367 e. The number of piperidine rings is 1. The Morgan fingerprint density at radius 1 is 1.12 bits per heavy atom. The number of aryl methyl sites for hydroxylation is 1. The van der Waals surface area contributed by atoms with Crippen LogP contribution in [0, 0.1) is 6.92 Å². The van der Waals surface area contributed by atoms with Gasteiger partial charge in [-0.3, -0.25) is 4.90 Å². The largest absolute Gasteiger partial charge is 0.367 e. The maximum Gasteiger partial charge on any atom is 0.254 e. The van der Waals surface area contributed by atoms with Crippen LogP contribution >= 0.6 is 23.2 Å². The van der Waals surface area contributed by atoms with Crippen LogP contribution in [0.5, 0.6) is 0 Å². The molecule has 0 atom stereocenters. The average molecular weight is 391 g/mol. The summed E-state index contributed by atoms with van der Waals surface area (Å²) in [6.45, 7) is 4.88. The van der Waals surface area contributed by atoms with E-state index in [-0.39, 0.29) is 0 Å². The van der Waals surface area contributed by atoms with Crippen LogP contribution in [0.1, 0.15) is 24.1 Å². The van der Waals surface area contributed by atoms with Gasteiger partial charge in [-0.05, 0) is 43.5 Å². The van der Waals surface area contributed by atoms with E-state index < -0.39 is 0 Å². The van der Waals surface area contributed by atoms with Crippen molar-refractivity contribution in [2.75, 3.05) is 18.4 Å². The highest BCUT2D eigenvalue weighted by Gasteiger charge is 2.20. The van der Waals surface area contributed by atoms with Gasteiger partial charge in [-0.2, -0.15) is 14.6 Å². The Bertz CT molecular complexity index is 897. The molecule has 0 bridgehead atoms. The SMILES string of the molecule is Cc1cc(NC2CCN(Cc3cc(Cl)cc(Cl)c3)CC2)n2ncnc2n1. The number of rotatable bonds is 4. The second kappa shape index (κ2) is 7.39. The van der Waals surface area contributed by atoms with Gasteiger partial charge >= 0.3 is 0 Å². The van der Waals surface area contributed by atoms with E-state index >= 15 is 0 Å². The lowest BCUT2D eigenvalue weighted by molar-refractivity contribution is 0.211. The maximum absolute atomic E-state index is 6.10. The van der Waals surface area contributed by atoms with Crippen molar-refractivity contribution in [2.45, 2.75) is 32.4 Å². The Balaban J connectivity index is 1.38. The summed E-state index contributed by atoms with van der Waals surface area (Å²) in [6, 6.07) is 8.16. The molecule has 0 amide bonds. The van der Waals surface area contributed by atoms with Crippen molar-refractivity contribution in [3.05, 3.63) is 51.9 Å². The van der Waals surface area contributed by atoms with Crippen molar-refractivity contribution >= 4 is 34.8 Å². The fourth-order valence-corrected chi connectivity index (χ4v) is 4.01. The summed E-state index contributed by atoms with van der Waals surface area (Å²) in [6.07, 6.45) is 3.66. The number of halogens is 2. The summed E-state index contributed by atoms with van der Waals surface area (Å²) in [4.78, 5) is 11.0. The molecule has 1 aromatic carbocycles. The van der Waals surface area contributed by atoms with E-state index in [1.165, 1.54) is 6.33 Å². The zero-order chi connectivity index (χ0) is 18.1. The number of likely N-dealkylation sites (tertiary alicyclic amines) is 1. The molecule has 26 heavy (non-hydrogen) atoms. The Kier molecular flexibility index (Phi) is 4.98. The Labute approximate surface area is 162 Å². The maximum atomic E-state index is 6.10. The molecule has 1 fully saturated rings. The van der Waals surface area contributed by atoms with Crippen LogP contribution in [-0.4, -0.2) is 43.6 Å². The number of aromatic nitrogens is 4. The van der Waals surface area contributed by atoms with E-state index in [1.807, 2.05) is 25.1 Å². The van der Waals surface area contributed by atoms with E-state index in [1.54, 1.807) is 10.6 Å². The molecular formula is C18H20Cl2N6. The molecular weight excluding hydrogens is 371 g/mol. The van der Waals surface area contributed by atoms with Gasteiger partial charge in [0.2, 0.25) is 0 Å². The molecule has 3 heterocycles. The van der Waals surface area contributed by atoms with Gasteiger partial charge in [0.1, 0.15) is 12.1 Å². The number of nitrogens with one attached hydrogen (secondary N) is 1. The van der Waals surface area contributed by atoms with Crippen LogP contribution in [0.2, 0.25) is 10.0 Å². The number of anilines is 1. The first-order valence-corrected chi connectivity index (χ1v) is 9.44. The smallest absolute Gasteiger partial charge is 0.254 e. The average Bonchev–Trinajstić information content (AvgIpc) is 3.04. The monoisotopic (exact) mass is 390 g/mol. The molecule has 136 valence electrons. The second-order valence-corrected chi connectivity index (χ2v) is 7.60. The summed E-state index contributed by atoms with van der Waals surface area (Å²) < 4.78 is 1.76. The Morgan fingerprint density at radius 3 is 2.58 bits per heavy atom. The molecule has 6 nitrogen and oxygen atoms in total. The first-order valence-electron chi connectivity index (χ1n) is 8.68. The highest BCUT2D eigenvalue weighted by atomic mass is 35.5. The summed E-state index contributed by atoms with van der Waals surface area (Å²) in [5, 5.41) is 9.24. The highest BCUT2D eigenvalue weighted by Crippen LogP contribution is 2.23. The first kappa shape index (κ1) is 17.5. The third-order valence-corrected chi connectivity index (χ3v) is 5.08. The fraction of sp³-hybridized carbons (Fsp3) is 0.389. The van der Waals surface area contributed by atoms with Crippen LogP contribution in [0.4, 0.5) is 5.82 Å². The lowest BCUT2D eigenvalue weighted by atomic mass is 10.0. The van der Waals surface area contributed by atoms with Crippen molar-refractivity contribution in [1.29, 1.82) is 0 Å². The topological polar surface area (TPSA) is 58.4 Å². The molecule has 3 aromatic rings. The molecule has 1 aliphatic heterocycles. The van der Waals surface area contributed by atoms with Crippen LogP contribution in [0.15, 0.2) is 30.6 Å². The molecule has 0 aliphatic carbocycles. The fourth-order valence-electron chi connectivity index (χ4n) is 3.44. The predicted molar refractivity (Wildman–Crippen MR) is 104 cm³/mol. The van der Waals surface area contributed by atoms with Gasteiger partial charge in [0.25, 0.3) is 5.78 Å². The zero-order valence-corrected chi connectivity index (χ0v) is 16.0. The number of hydrogen-bond donors (Lipinski definition) is 1. The van der Waals surface area contributed by atoms with Gasteiger partial charge in [-0.25, -0.2) is 4.98 Å². The summed E-state index contributed by atoms with van der Waals surface area (Å²) in [7, 11) is 0. The van der Waals surface area contributed by atoms with E-state index in [4.69, 9.17) is 23.2 Å². The standard InChI is InChI=1S/C18H20Cl2N6/c1-12-6-17(26-18(23-12)21-11-22-26)24-16-2-4-25(5-3-16)10-13-7-14(19)9-15(20)8-13/h6-9,11,16,24H,2-5,10H2,1H3. The lowest BCUT2D eigenvalue weighted by Crippen LogP contribution is -2.39. The van der Waals surface area contributed by atoms with E-state index in [2.05, 4.69) is 25.3 Å². The Hall–Kier alpha value is -1.89. The molecule has 0 saturated carbocycles. The van der Waals surface area contributed by atoms with Gasteiger partial charge in [0.05, 0.1) is 0 Å². The second-order valence-electron chi connectivity index (χ2n) is 6.73. The first-order chi connectivity index (χ1) is 12.6. The van der Waals surface area contributed by atoms with Gasteiger partial charge in [-0.1, -0.05) is 23.2 Å². The van der Waals surface area contributed by atoms with Gasteiger partial charge < -0.3 is 5.32 Å². The normalized spacial score (nSPS) is 16.3. The van der Waals surface area contributed by atoms with Crippen LogP contribution in [0.25, 0.3) is 5.78 Å². The van der Waals surface area contributed by atoms with Crippen molar-refractivity contribution in [1.82, 2.24) is 24.5 Å². The molecule has 0 spiro atoms. The molecule has 0 radical (unpaired) electrons. The van der Waals surface area contributed by atoms with Crippen LogP contribution < -0.4 is 5.32 Å². The van der Waals surface area contributed by atoms with Crippen molar-refractivity contribution in [3.8, 4) is 0 Å². The molecule has 4 rings (SSSR count). The third-order valence-electron chi connectivity index (χ3n) is 4.65. The van der Waals surface area contributed by atoms with Gasteiger partial charge in [0, 0.05) is 47.5 Å². The molecule has 1 N–H and O–H groups in total. The number of hydrogen-bond acceptors (Lipinski definition) is 5. The number of nitrogens with zero attached hydrogens (tertiary/aromatic N) is 5. The van der Waals surface area contributed by atoms with E-state index in [0.717, 1.165) is 49.6 Å². The highest BCUT2D eigenvalue weighted by molar-refractivity contribution is 6.34. The molecule has 1 saturated heterocycles. The molecule has 0 unspecified atom stereocenters. The van der Waals surface area contributed by atoms with E-state index in [9.17, 15) is 0 Å². The predicted octanol–water partition coefficient (Wildman–Crippen LogP) is 3.82. The van der Waals surface area contributed by atoms with Crippen LogP contribution in [-0.2, 0) is 6.54 Å². The van der Waals surface area contributed by atoms with Crippen molar-refractivity contribution in [3.63, 3.8) is 0 Å². The summed E-state index contributed by atoms with van der Waals surface area (Å²) in [5.74, 6) is 1.58. The van der Waals surface area contributed by atoms with E-state index in [0.29, 0.717) is 21.9 Å². The van der Waals surface area contributed by atoms with Crippen LogP contribution in [0.3, 0.4) is 0 Å². The number of benzene rings is 1. The van der Waals surface area contributed by atoms with Crippen molar-refractivity contribution < 1.29 is 0 Å². The summed E-state index contributed by atoms with van der Waals surface area (Å²) >= 11 is 12.2. The van der Waals surface area contributed by atoms with Crippen molar-refractivity contribution in [2.24, 2.45) is 0 Å². The molecule has 8 heteroatoms. The lowest BCUT2D eigenvalue weighted by Gasteiger charge is -2.33.